The predicted octanol–water partition coefficient (Wildman–Crippen LogP) is 5.36. The minimum absolute atomic E-state index is 0.150. The molecule has 1 aromatic heterocycles. The van der Waals surface area contributed by atoms with E-state index in [1.807, 2.05) is 61.5 Å². The Bertz CT molecular complexity index is 1210. The molecule has 5 heteroatoms. The Morgan fingerprint density at radius 2 is 1.61 bits per heavy atom. The minimum Gasteiger partial charge on any atom is -0.379 e. The third-order valence-corrected chi connectivity index (χ3v) is 6.62. The maximum Gasteiger partial charge on any atom is 0.268 e. The van der Waals surface area contributed by atoms with E-state index >= 15 is 0 Å². The van der Waals surface area contributed by atoms with E-state index in [1.165, 1.54) is 9.54 Å². The molecule has 4 rings (SSSR count). The van der Waals surface area contributed by atoms with E-state index < -0.39 is 10.0 Å². The van der Waals surface area contributed by atoms with E-state index in [2.05, 4.69) is 24.4 Å². The largest absolute Gasteiger partial charge is 0.379 e. The molecule has 0 saturated heterocycles. The Labute approximate surface area is 165 Å². The smallest absolute Gasteiger partial charge is 0.268 e. The molecule has 28 heavy (non-hydrogen) atoms. The van der Waals surface area contributed by atoms with Crippen LogP contribution in [0.15, 0.2) is 90.0 Å². The van der Waals surface area contributed by atoms with Crippen molar-refractivity contribution in [3.8, 4) is 0 Å². The van der Waals surface area contributed by atoms with Gasteiger partial charge in [0.1, 0.15) is 0 Å². The van der Waals surface area contributed by atoms with Crippen LogP contribution in [0.3, 0.4) is 0 Å². The van der Waals surface area contributed by atoms with E-state index in [1.54, 1.807) is 18.3 Å². The average molecular weight is 391 g/mol. The van der Waals surface area contributed by atoms with Gasteiger partial charge in [0.05, 0.1) is 10.4 Å². The van der Waals surface area contributed by atoms with E-state index in [0.29, 0.717) is 5.52 Å². The summed E-state index contributed by atoms with van der Waals surface area (Å²) < 4.78 is 27.4. The normalized spacial score (nSPS) is 12.8. The molecule has 0 saturated carbocycles. The molecule has 142 valence electrons. The predicted molar refractivity (Wildman–Crippen MR) is 114 cm³/mol. The fourth-order valence-electron chi connectivity index (χ4n) is 3.32. The Kier molecular flexibility index (Phi) is 4.69. The fraction of sp³-hybridized carbons (Fsp3) is 0.130. The molecule has 4 nitrogen and oxygen atoms in total. The van der Waals surface area contributed by atoms with Gasteiger partial charge in [-0.15, -0.1) is 0 Å². The zero-order valence-electron chi connectivity index (χ0n) is 15.8. The average Bonchev–Trinajstić information content (AvgIpc) is 3.13. The van der Waals surface area contributed by atoms with Crippen molar-refractivity contribution in [2.45, 2.75) is 24.8 Å². The van der Waals surface area contributed by atoms with Crippen LogP contribution in [0.4, 0.5) is 5.69 Å². The number of nitrogens with one attached hydrogen (secondary N) is 1. The highest BCUT2D eigenvalue weighted by molar-refractivity contribution is 7.90. The number of fused-ring (bicyclic) bond motifs is 1. The summed E-state index contributed by atoms with van der Waals surface area (Å²) in [5.74, 6) is 0. The highest BCUT2D eigenvalue weighted by atomic mass is 32.2. The first-order chi connectivity index (χ1) is 13.4. The second kappa shape index (κ2) is 7.17. The number of hydrogen-bond acceptors (Lipinski definition) is 3. The Morgan fingerprint density at radius 3 is 2.32 bits per heavy atom. The molecule has 0 radical (unpaired) electrons. The van der Waals surface area contributed by atoms with Crippen molar-refractivity contribution in [2.24, 2.45) is 0 Å². The molecule has 0 unspecified atom stereocenters. The molecule has 3 aromatic carbocycles. The zero-order valence-corrected chi connectivity index (χ0v) is 16.6. The molecule has 0 bridgehead atoms. The van der Waals surface area contributed by atoms with Gasteiger partial charge in [-0.3, -0.25) is 0 Å². The minimum atomic E-state index is -3.62. The van der Waals surface area contributed by atoms with Crippen molar-refractivity contribution in [2.75, 3.05) is 5.32 Å². The summed E-state index contributed by atoms with van der Waals surface area (Å²) >= 11 is 0. The third-order valence-electron chi connectivity index (χ3n) is 4.91. The van der Waals surface area contributed by atoms with Gasteiger partial charge < -0.3 is 5.32 Å². The number of hydrogen-bond donors (Lipinski definition) is 1. The molecule has 0 aliphatic rings. The summed E-state index contributed by atoms with van der Waals surface area (Å²) in [5.41, 5.74) is 3.84. The van der Waals surface area contributed by atoms with Crippen LogP contribution < -0.4 is 5.32 Å². The van der Waals surface area contributed by atoms with E-state index in [4.69, 9.17) is 0 Å². The maximum absolute atomic E-state index is 13.0. The van der Waals surface area contributed by atoms with Gasteiger partial charge in [-0.05, 0) is 55.8 Å². The summed E-state index contributed by atoms with van der Waals surface area (Å²) in [7, 11) is -3.62. The zero-order chi connectivity index (χ0) is 19.7. The van der Waals surface area contributed by atoms with Crippen LogP contribution in [0.25, 0.3) is 10.9 Å². The third kappa shape index (κ3) is 3.41. The molecule has 0 aliphatic carbocycles. The molecule has 1 atom stereocenters. The van der Waals surface area contributed by atoms with Crippen LogP contribution in [-0.4, -0.2) is 12.4 Å². The van der Waals surface area contributed by atoms with E-state index in [-0.39, 0.29) is 10.9 Å². The van der Waals surface area contributed by atoms with Gasteiger partial charge in [-0.2, -0.15) is 0 Å². The first-order valence-electron chi connectivity index (χ1n) is 9.20. The van der Waals surface area contributed by atoms with Crippen LogP contribution in [0.5, 0.6) is 0 Å². The molecule has 0 aliphatic heterocycles. The van der Waals surface area contributed by atoms with Gasteiger partial charge in [0.25, 0.3) is 10.0 Å². The standard InChI is InChI=1S/C23H22N2O2S/c1-17-8-11-22(12-9-17)28(26,27)25-15-14-20-16-21(10-13-23(20)25)24-18(2)19-6-4-3-5-7-19/h3-16,18,24H,1-2H3/t18-/m1/s1. The van der Waals surface area contributed by atoms with Crippen molar-refractivity contribution in [1.82, 2.24) is 3.97 Å². The van der Waals surface area contributed by atoms with Crippen LogP contribution in [-0.2, 0) is 10.0 Å². The fourth-order valence-corrected chi connectivity index (χ4v) is 4.67. The van der Waals surface area contributed by atoms with Crippen LogP contribution >= 0.6 is 0 Å². The van der Waals surface area contributed by atoms with Crippen molar-refractivity contribution >= 4 is 26.6 Å². The quantitative estimate of drug-likeness (QED) is 0.499. The van der Waals surface area contributed by atoms with Crippen molar-refractivity contribution in [3.05, 3.63) is 96.2 Å². The van der Waals surface area contributed by atoms with Crippen LogP contribution in [0.1, 0.15) is 24.1 Å². The Hall–Kier alpha value is -3.05. The SMILES string of the molecule is Cc1ccc(S(=O)(=O)n2ccc3cc(N[C@H](C)c4ccccc4)ccc32)cc1. The lowest BCUT2D eigenvalue weighted by Gasteiger charge is -2.16. The topological polar surface area (TPSA) is 51.1 Å². The number of anilines is 1. The summed E-state index contributed by atoms with van der Waals surface area (Å²) in [5, 5.41) is 4.35. The van der Waals surface area contributed by atoms with Gasteiger partial charge in [0, 0.05) is 23.3 Å². The van der Waals surface area contributed by atoms with E-state index in [0.717, 1.165) is 16.6 Å². The number of aromatic nitrogens is 1. The lowest BCUT2D eigenvalue weighted by atomic mass is 10.1. The van der Waals surface area contributed by atoms with Crippen molar-refractivity contribution in [3.63, 3.8) is 0 Å². The Balaban J connectivity index is 1.66. The van der Waals surface area contributed by atoms with Gasteiger partial charge in [0.2, 0.25) is 0 Å². The maximum atomic E-state index is 13.0. The summed E-state index contributed by atoms with van der Waals surface area (Å²) in [4.78, 5) is 0.288. The van der Waals surface area contributed by atoms with Crippen molar-refractivity contribution in [1.29, 1.82) is 0 Å². The molecular formula is C23H22N2O2S. The first-order valence-corrected chi connectivity index (χ1v) is 10.6. The second-order valence-corrected chi connectivity index (χ2v) is 8.79. The van der Waals surface area contributed by atoms with Crippen molar-refractivity contribution < 1.29 is 8.42 Å². The van der Waals surface area contributed by atoms with Crippen LogP contribution in [0, 0.1) is 6.92 Å². The van der Waals surface area contributed by atoms with Gasteiger partial charge >= 0.3 is 0 Å². The number of aryl methyl sites for hydroxylation is 1. The number of rotatable bonds is 5. The molecule has 0 fully saturated rings. The first kappa shape index (κ1) is 18.3. The highest BCUT2D eigenvalue weighted by Gasteiger charge is 2.19. The Morgan fingerprint density at radius 1 is 0.893 bits per heavy atom. The monoisotopic (exact) mass is 390 g/mol. The summed E-state index contributed by atoms with van der Waals surface area (Å²) in [6, 6.07) is 24.9. The van der Waals surface area contributed by atoms with Gasteiger partial charge in [-0.1, -0.05) is 48.0 Å². The molecular weight excluding hydrogens is 368 g/mol. The summed E-state index contributed by atoms with van der Waals surface area (Å²) in [6.45, 7) is 4.04. The lowest BCUT2D eigenvalue weighted by Crippen LogP contribution is -2.11. The second-order valence-electron chi connectivity index (χ2n) is 6.98. The summed E-state index contributed by atoms with van der Waals surface area (Å²) in [6.07, 6.45) is 1.62. The van der Waals surface area contributed by atoms with E-state index in [9.17, 15) is 8.42 Å². The molecule has 0 spiro atoms. The molecule has 1 N–H and O–H groups in total. The van der Waals surface area contributed by atoms with Gasteiger partial charge in [-0.25, -0.2) is 12.4 Å². The van der Waals surface area contributed by atoms with Crippen LogP contribution in [0.2, 0.25) is 0 Å². The lowest BCUT2D eigenvalue weighted by molar-refractivity contribution is 0.589. The molecule has 4 aromatic rings. The molecule has 0 amide bonds. The number of nitrogens with zero attached hydrogens (tertiary/aromatic N) is 1. The van der Waals surface area contributed by atoms with Gasteiger partial charge in [0.15, 0.2) is 0 Å². The highest BCUT2D eigenvalue weighted by Crippen LogP contribution is 2.27. The number of benzene rings is 3. The molecule has 1 heterocycles.